The fourth-order valence-corrected chi connectivity index (χ4v) is 6.28. The number of nitriles is 1. The molecule has 0 amide bonds. The molecule has 0 bridgehead atoms. The zero-order chi connectivity index (χ0) is 25.4. The van der Waals surface area contributed by atoms with Crippen LogP contribution in [-0.4, -0.2) is 56.1 Å². The molecule has 2 aromatic carbocycles. The second kappa shape index (κ2) is 13.0. The van der Waals surface area contributed by atoms with Gasteiger partial charge in [0, 0.05) is 35.7 Å². The molecule has 0 radical (unpaired) electrons. The highest BCUT2D eigenvalue weighted by Gasteiger charge is 2.28. The second-order valence-electron chi connectivity index (χ2n) is 7.94. The van der Waals surface area contributed by atoms with E-state index >= 15 is 0 Å². The minimum absolute atomic E-state index is 0.0721. The molecule has 12 heteroatoms. The highest BCUT2D eigenvalue weighted by atomic mass is 35.5. The van der Waals surface area contributed by atoms with Crippen molar-refractivity contribution in [3.63, 3.8) is 0 Å². The van der Waals surface area contributed by atoms with Crippen LogP contribution in [0.5, 0.6) is 11.5 Å². The number of rotatable bonds is 9. The summed E-state index contributed by atoms with van der Waals surface area (Å²) in [7, 11) is -3.98. The minimum Gasteiger partial charge on any atom is -0.456 e. The molecule has 1 aliphatic rings. The summed E-state index contributed by atoms with van der Waals surface area (Å²) in [6.07, 6.45) is 4.31. The van der Waals surface area contributed by atoms with Crippen LogP contribution in [0.1, 0.15) is 24.8 Å². The van der Waals surface area contributed by atoms with E-state index in [1.807, 2.05) is 6.07 Å². The van der Waals surface area contributed by atoms with E-state index in [1.165, 1.54) is 30.3 Å². The Kier molecular flexibility index (Phi) is 10.3. The number of thioether (sulfide) groups is 1. The lowest BCUT2D eigenvalue weighted by atomic mass is 10.1. The third-order valence-electron chi connectivity index (χ3n) is 5.33. The summed E-state index contributed by atoms with van der Waals surface area (Å²) in [6.45, 7) is 2.11. The fraction of sp³-hybridized carbons (Fsp3) is 0.391. The number of piperidine rings is 1. The van der Waals surface area contributed by atoms with Gasteiger partial charge in [-0.2, -0.15) is 17.0 Å². The number of thiocarbonyl (C=S) groups is 1. The summed E-state index contributed by atoms with van der Waals surface area (Å²) >= 11 is 19.4. The highest BCUT2D eigenvalue weighted by Crippen LogP contribution is 2.33. The van der Waals surface area contributed by atoms with E-state index in [9.17, 15) is 13.7 Å². The number of hydrogen-bond donors (Lipinski definition) is 2. The van der Waals surface area contributed by atoms with E-state index in [0.29, 0.717) is 41.1 Å². The Hall–Kier alpha value is -1.74. The van der Waals surface area contributed by atoms with Crippen LogP contribution in [0.25, 0.3) is 0 Å². The van der Waals surface area contributed by atoms with E-state index in [0.717, 1.165) is 18.7 Å². The van der Waals surface area contributed by atoms with Crippen LogP contribution in [-0.2, 0) is 10.0 Å². The van der Waals surface area contributed by atoms with Crippen LogP contribution < -0.4 is 14.8 Å². The molecule has 188 valence electrons. The first kappa shape index (κ1) is 27.8. The van der Waals surface area contributed by atoms with Crippen molar-refractivity contribution in [1.29, 1.82) is 5.26 Å². The fourth-order valence-electron chi connectivity index (χ4n) is 3.59. The molecular formula is C23H26Cl2N4O3S3. The molecule has 0 unspecified atom stereocenters. The van der Waals surface area contributed by atoms with E-state index in [2.05, 4.69) is 21.2 Å². The van der Waals surface area contributed by atoms with Crippen LogP contribution in [0.4, 0.5) is 0 Å². The predicted octanol–water partition coefficient (Wildman–Crippen LogP) is 5.03. The maximum absolute atomic E-state index is 13.3. The molecule has 2 N–H and O–H groups in total. The average Bonchev–Trinajstić information content (AvgIpc) is 2.81. The van der Waals surface area contributed by atoms with Crippen molar-refractivity contribution < 1.29 is 13.2 Å². The first-order valence-electron chi connectivity index (χ1n) is 10.9. The third-order valence-corrected chi connectivity index (χ3v) is 8.41. The number of halogens is 2. The molecule has 35 heavy (non-hydrogen) atoms. The zero-order valence-electron chi connectivity index (χ0n) is 19.1. The summed E-state index contributed by atoms with van der Waals surface area (Å²) < 4.78 is 35.2. The average molecular weight is 574 g/mol. The molecule has 0 atom stereocenters. The smallest absolute Gasteiger partial charge is 0.244 e. The second-order valence-corrected chi connectivity index (χ2v) is 11.9. The summed E-state index contributed by atoms with van der Waals surface area (Å²) in [5.74, 6) is 1.43. The van der Waals surface area contributed by atoms with Crippen LogP contribution in [0, 0.1) is 11.3 Å². The van der Waals surface area contributed by atoms with Gasteiger partial charge in [0.05, 0.1) is 11.6 Å². The first-order chi connectivity index (χ1) is 16.7. The molecule has 1 aliphatic heterocycles. The third kappa shape index (κ3) is 8.13. The van der Waals surface area contributed by atoms with Gasteiger partial charge in [0.2, 0.25) is 10.0 Å². The van der Waals surface area contributed by atoms with Gasteiger partial charge in [-0.05, 0) is 79.9 Å². The Balaban J connectivity index is 1.69. The Morgan fingerprint density at radius 1 is 1.23 bits per heavy atom. The van der Waals surface area contributed by atoms with Gasteiger partial charge in [0.15, 0.2) is 5.11 Å². The standard InChI is InChI=1S/C23H26Cl2N4O3S3/c1-34-10-2-7-27-23(33)29-8-5-19(6-9-29)28-35(30,31)22-11-16(15-26)3-4-21(22)32-20-13-17(24)12-18(25)14-20/h3-4,11-14,19,28H,2,5-10H2,1H3,(H,27,33). The number of sulfonamides is 1. The van der Waals surface area contributed by atoms with Crippen molar-refractivity contribution >= 4 is 62.3 Å². The number of likely N-dealkylation sites (tertiary alicyclic amines) is 1. The maximum atomic E-state index is 13.3. The van der Waals surface area contributed by atoms with Gasteiger partial charge < -0.3 is 15.0 Å². The van der Waals surface area contributed by atoms with Crippen LogP contribution in [0.2, 0.25) is 10.0 Å². The predicted molar refractivity (Wildman–Crippen MR) is 146 cm³/mol. The Bertz CT molecular complexity index is 1180. The molecule has 1 saturated heterocycles. The maximum Gasteiger partial charge on any atom is 0.244 e. The van der Waals surface area contributed by atoms with Crippen LogP contribution in [0.15, 0.2) is 41.3 Å². The Morgan fingerprint density at radius 2 is 1.91 bits per heavy atom. The van der Waals surface area contributed by atoms with Gasteiger partial charge in [0.1, 0.15) is 16.4 Å². The molecule has 0 aliphatic carbocycles. The van der Waals surface area contributed by atoms with Crippen molar-refractivity contribution in [2.24, 2.45) is 0 Å². The molecular weight excluding hydrogens is 547 g/mol. The topological polar surface area (TPSA) is 94.5 Å². The molecule has 1 fully saturated rings. The van der Waals surface area contributed by atoms with E-state index in [4.69, 9.17) is 40.2 Å². The van der Waals surface area contributed by atoms with Crippen LogP contribution >= 0.6 is 47.2 Å². The number of nitrogens with zero attached hydrogens (tertiary/aromatic N) is 2. The quantitative estimate of drug-likeness (QED) is 0.319. The molecule has 3 rings (SSSR count). The number of benzene rings is 2. The summed E-state index contributed by atoms with van der Waals surface area (Å²) in [5.41, 5.74) is 0.203. The van der Waals surface area contributed by atoms with Gasteiger partial charge >= 0.3 is 0 Å². The molecule has 0 aromatic heterocycles. The van der Waals surface area contributed by atoms with Gasteiger partial charge in [-0.1, -0.05) is 23.2 Å². The van der Waals surface area contributed by atoms with E-state index in [-0.39, 0.29) is 28.0 Å². The van der Waals surface area contributed by atoms with Crippen molar-refractivity contribution in [1.82, 2.24) is 14.9 Å². The van der Waals surface area contributed by atoms with Gasteiger partial charge in [-0.25, -0.2) is 13.1 Å². The zero-order valence-corrected chi connectivity index (χ0v) is 23.1. The number of ether oxygens (including phenoxy) is 1. The highest BCUT2D eigenvalue weighted by molar-refractivity contribution is 7.98. The summed E-state index contributed by atoms with van der Waals surface area (Å²) in [6, 6.07) is 10.6. The van der Waals surface area contributed by atoms with Gasteiger partial charge in [-0.15, -0.1) is 0 Å². The lowest BCUT2D eigenvalue weighted by molar-refractivity contribution is 0.298. The minimum atomic E-state index is -3.98. The van der Waals surface area contributed by atoms with Crippen molar-refractivity contribution in [3.8, 4) is 17.6 Å². The Morgan fingerprint density at radius 3 is 2.54 bits per heavy atom. The van der Waals surface area contributed by atoms with Crippen LogP contribution in [0.3, 0.4) is 0 Å². The molecule has 2 aromatic rings. The monoisotopic (exact) mass is 572 g/mol. The van der Waals surface area contributed by atoms with Gasteiger partial charge in [-0.3, -0.25) is 0 Å². The normalized spacial score (nSPS) is 14.4. The number of hydrogen-bond acceptors (Lipinski definition) is 6. The van der Waals surface area contributed by atoms with Crippen molar-refractivity contribution in [2.45, 2.75) is 30.2 Å². The SMILES string of the molecule is CSCCCNC(=S)N1CCC(NS(=O)(=O)c2cc(C#N)ccc2Oc2cc(Cl)cc(Cl)c2)CC1. The molecule has 0 saturated carbocycles. The van der Waals surface area contributed by atoms with E-state index < -0.39 is 10.0 Å². The molecule has 1 heterocycles. The lowest BCUT2D eigenvalue weighted by Crippen LogP contribution is -2.49. The summed E-state index contributed by atoms with van der Waals surface area (Å²) in [5, 5.41) is 14.0. The number of nitrogens with one attached hydrogen (secondary N) is 2. The molecule has 7 nitrogen and oxygen atoms in total. The lowest BCUT2D eigenvalue weighted by Gasteiger charge is -2.34. The van der Waals surface area contributed by atoms with Crippen molar-refractivity contribution in [2.75, 3.05) is 31.6 Å². The summed E-state index contributed by atoms with van der Waals surface area (Å²) in [4.78, 5) is 1.94. The van der Waals surface area contributed by atoms with E-state index in [1.54, 1.807) is 17.8 Å². The van der Waals surface area contributed by atoms with Gasteiger partial charge in [0.25, 0.3) is 0 Å². The van der Waals surface area contributed by atoms with Crippen molar-refractivity contribution in [3.05, 3.63) is 52.0 Å². The molecule has 0 spiro atoms. The Labute approximate surface area is 226 Å². The first-order valence-corrected chi connectivity index (χ1v) is 15.0. The largest absolute Gasteiger partial charge is 0.456 e.